The third-order valence-electron chi connectivity index (χ3n) is 4.33. The number of carbonyl (C=O) groups is 1. The molecule has 3 heteroatoms. The number of amides is 1. The summed E-state index contributed by atoms with van der Waals surface area (Å²) in [5, 5.41) is 0. The quantitative estimate of drug-likeness (QED) is 0.644. The molecule has 4 rings (SSSR count). The van der Waals surface area contributed by atoms with E-state index in [2.05, 4.69) is 16.8 Å². The molecule has 0 radical (unpaired) electrons. The zero-order chi connectivity index (χ0) is 10.4. The summed E-state index contributed by atoms with van der Waals surface area (Å²) in [5.74, 6) is 0.848. The number of hydrogen-bond acceptors (Lipinski definition) is 2. The number of likely N-dealkylation sites (N-methyl/N-ethyl adjacent to an activating group) is 1. The molecule has 0 aromatic rings. The van der Waals surface area contributed by atoms with Gasteiger partial charge in [-0.3, -0.25) is 4.79 Å². The van der Waals surface area contributed by atoms with E-state index in [9.17, 15) is 4.79 Å². The SMILES string of the molecule is CN1CC2CC(C1)N2C(=O)C1CCCC1. The Balaban J connectivity index is 1.66. The maximum atomic E-state index is 12.3. The maximum Gasteiger partial charge on any atom is 0.226 e. The van der Waals surface area contributed by atoms with Crippen molar-refractivity contribution in [1.82, 2.24) is 9.80 Å². The van der Waals surface area contributed by atoms with Crippen LogP contribution in [0, 0.1) is 5.92 Å². The van der Waals surface area contributed by atoms with Crippen molar-refractivity contribution < 1.29 is 4.79 Å². The average molecular weight is 208 g/mol. The second-order valence-corrected chi connectivity index (χ2v) is 5.49. The van der Waals surface area contributed by atoms with Crippen LogP contribution in [-0.2, 0) is 4.79 Å². The van der Waals surface area contributed by atoms with Crippen LogP contribution in [0.1, 0.15) is 32.1 Å². The predicted octanol–water partition coefficient (Wildman–Crippen LogP) is 1.09. The van der Waals surface area contributed by atoms with Gasteiger partial charge >= 0.3 is 0 Å². The van der Waals surface area contributed by atoms with Gasteiger partial charge in [-0.1, -0.05) is 12.8 Å². The Morgan fingerprint density at radius 3 is 2.33 bits per heavy atom. The van der Waals surface area contributed by atoms with E-state index in [4.69, 9.17) is 0 Å². The third-order valence-corrected chi connectivity index (χ3v) is 4.33. The molecule has 0 aromatic heterocycles. The van der Waals surface area contributed by atoms with Crippen LogP contribution in [0.2, 0.25) is 0 Å². The van der Waals surface area contributed by atoms with Crippen LogP contribution in [0.5, 0.6) is 0 Å². The van der Waals surface area contributed by atoms with Gasteiger partial charge in [0.1, 0.15) is 0 Å². The molecular formula is C12H20N2O. The predicted molar refractivity (Wildman–Crippen MR) is 58.5 cm³/mol. The number of rotatable bonds is 1. The van der Waals surface area contributed by atoms with E-state index >= 15 is 0 Å². The molecule has 3 aliphatic heterocycles. The molecule has 3 nitrogen and oxygen atoms in total. The highest BCUT2D eigenvalue weighted by molar-refractivity contribution is 5.80. The van der Waals surface area contributed by atoms with Crippen molar-refractivity contribution in [2.24, 2.45) is 5.92 Å². The minimum Gasteiger partial charge on any atom is -0.334 e. The van der Waals surface area contributed by atoms with Gasteiger partial charge in [0.25, 0.3) is 0 Å². The number of hydrogen-bond donors (Lipinski definition) is 0. The molecule has 0 aromatic carbocycles. The van der Waals surface area contributed by atoms with Gasteiger partial charge < -0.3 is 9.80 Å². The summed E-state index contributed by atoms with van der Waals surface area (Å²) in [6.07, 6.45) is 6.07. The van der Waals surface area contributed by atoms with Gasteiger partial charge in [-0.2, -0.15) is 0 Å². The number of piperidine rings is 1. The number of piperazine rings is 1. The summed E-state index contributed by atoms with van der Waals surface area (Å²) in [4.78, 5) is 16.8. The summed E-state index contributed by atoms with van der Waals surface area (Å²) in [6, 6.07) is 1.09. The second-order valence-electron chi connectivity index (χ2n) is 5.49. The van der Waals surface area contributed by atoms with E-state index in [1.54, 1.807) is 0 Å². The van der Waals surface area contributed by atoms with Crippen LogP contribution in [0.3, 0.4) is 0 Å². The van der Waals surface area contributed by atoms with Crippen molar-refractivity contribution >= 4 is 5.91 Å². The largest absolute Gasteiger partial charge is 0.334 e. The highest BCUT2D eigenvalue weighted by Gasteiger charge is 2.47. The lowest BCUT2D eigenvalue weighted by Crippen LogP contribution is -2.70. The Morgan fingerprint density at radius 1 is 1.13 bits per heavy atom. The summed E-state index contributed by atoms with van der Waals surface area (Å²) in [7, 11) is 2.16. The minimum absolute atomic E-state index is 0.374. The van der Waals surface area contributed by atoms with Crippen molar-refractivity contribution in [2.75, 3.05) is 20.1 Å². The van der Waals surface area contributed by atoms with Gasteiger partial charge in [-0.15, -0.1) is 0 Å². The van der Waals surface area contributed by atoms with Crippen molar-refractivity contribution in [3.63, 3.8) is 0 Å². The van der Waals surface area contributed by atoms with E-state index in [1.807, 2.05) is 0 Å². The second kappa shape index (κ2) is 3.48. The summed E-state index contributed by atoms with van der Waals surface area (Å²) >= 11 is 0. The Hall–Kier alpha value is -0.570. The van der Waals surface area contributed by atoms with Crippen LogP contribution in [0.25, 0.3) is 0 Å². The van der Waals surface area contributed by atoms with Crippen LogP contribution < -0.4 is 0 Å². The third kappa shape index (κ3) is 1.48. The molecule has 2 bridgehead atoms. The van der Waals surface area contributed by atoms with E-state index in [0.29, 0.717) is 23.9 Å². The smallest absolute Gasteiger partial charge is 0.226 e. The number of carbonyl (C=O) groups excluding carboxylic acids is 1. The monoisotopic (exact) mass is 208 g/mol. The molecular weight excluding hydrogens is 188 g/mol. The fourth-order valence-electron chi connectivity index (χ4n) is 3.56. The fourth-order valence-corrected chi connectivity index (χ4v) is 3.56. The lowest BCUT2D eigenvalue weighted by molar-refractivity contribution is -0.157. The zero-order valence-corrected chi connectivity index (χ0v) is 9.48. The van der Waals surface area contributed by atoms with Crippen LogP contribution >= 0.6 is 0 Å². The first-order chi connectivity index (χ1) is 7.25. The zero-order valence-electron chi connectivity index (χ0n) is 9.48. The van der Waals surface area contributed by atoms with E-state index in [0.717, 1.165) is 25.9 Å². The normalized spacial score (nSPS) is 36.7. The van der Waals surface area contributed by atoms with E-state index < -0.39 is 0 Å². The topological polar surface area (TPSA) is 23.6 Å². The molecule has 3 heterocycles. The lowest BCUT2D eigenvalue weighted by atomic mass is 9.86. The highest BCUT2D eigenvalue weighted by atomic mass is 16.2. The summed E-state index contributed by atoms with van der Waals surface area (Å²) < 4.78 is 0. The van der Waals surface area contributed by atoms with Crippen LogP contribution in [-0.4, -0.2) is 47.9 Å². The highest BCUT2D eigenvalue weighted by Crippen LogP contribution is 2.36. The van der Waals surface area contributed by atoms with Crippen LogP contribution in [0.4, 0.5) is 0 Å². The van der Waals surface area contributed by atoms with Gasteiger partial charge in [-0.25, -0.2) is 0 Å². The van der Waals surface area contributed by atoms with Gasteiger partial charge in [0, 0.05) is 31.1 Å². The first-order valence-corrected chi connectivity index (χ1v) is 6.26. The fraction of sp³-hybridized carbons (Fsp3) is 0.917. The summed E-state index contributed by atoms with van der Waals surface area (Å²) in [5.41, 5.74) is 0. The van der Waals surface area contributed by atoms with Crippen molar-refractivity contribution in [3.8, 4) is 0 Å². The maximum absolute atomic E-state index is 12.3. The van der Waals surface area contributed by atoms with Gasteiger partial charge in [-0.05, 0) is 26.3 Å². The van der Waals surface area contributed by atoms with Gasteiger partial charge in [0.15, 0.2) is 0 Å². The molecule has 4 fully saturated rings. The minimum atomic E-state index is 0.374. The standard InChI is InChI=1S/C12H20N2O/c1-13-7-10-6-11(8-13)14(10)12(15)9-4-2-3-5-9/h9-11H,2-8H2,1H3. The molecule has 3 saturated heterocycles. The molecule has 4 aliphatic rings. The van der Waals surface area contributed by atoms with Gasteiger partial charge in [0.05, 0.1) is 0 Å². The van der Waals surface area contributed by atoms with Crippen molar-refractivity contribution in [3.05, 3.63) is 0 Å². The molecule has 0 spiro atoms. The molecule has 15 heavy (non-hydrogen) atoms. The molecule has 2 atom stereocenters. The molecule has 1 saturated carbocycles. The lowest BCUT2D eigenvalue weighted by Gasteiger charge is -2.56. The van der Waals surface area contributed by atoms with Crippen LogP contribution in [0.15, 0.2) is 0 Å². The number of nitrogens with zero attached hydrogens (tertiary/aromatic N) is 2. The molecule has 84 valence electrons. The first kappa shape index (κ1) is 9.64. The van der Waals surface area contributed by atoms with E-state index in [1.165, 1.54) is 19.3 Å². The first-order valence-electron chi connectivity index (χ1n) is 6.26. The average Bonchev–Trinajstić information content (AvgIpc) is 2.69. The molecule has 1 aliphatic carbocycles. The molecule has 1 amide bonds. The Bertz CT molecular complexity index is 261. The van der Waals surface area contributed by atoms with E-state index in [-0.39, 0.29) is 0 Å². The summed E-state index contributed by atoms with van der Waals surface area (Å²) in [6.45, 7) is 2.18. The Kier molecular flexibility index (Phi) is 2.23. The number of fused-ring (bicyclic) bond motifs is 2. The van der Waals surface area contributed by atoms with Crippen molar-refractivity contribution in [2.45, 2.75) is 44.2 Å². The molecule has 0 N–H and O–H groups in total. The molecule has 2 unspecified atom stereocenters. The Labute approximate surface area is 91.4 Å². The van der Waals surface area contributed by atoms with Crippen molar-refractivity contribution in [1.29, 1.82) is 0 Å². The van der Waals surface area contributed by atoms with Gasteiger partial charge in [0.2, 0.25) is 5.91 Å². The Morgan fingerprint density at radius 2 is 1.73 bits per heavy atom.